The number of amides is 2. The molecule has 1 saturated carbocycles. The van der Waals surface area contributed by atoms with Gasteiger partial charge in [0.25, 0.3) is 0 Å². The van der Waals surface area contributed by atoms with Crippen molar-refractivity contribution in [1.29, 1.82) is 0 Å². The number of aromatic nitrogens is 2. The van der Waals surface area contributed by atoms with E-state index >= 15 is 0 Å². The fourth-order valence-corrected chi connectivity index (χ4v) is 5.12. The van der Waals surface area contributed by atoms with Gasteiger partial charge in [-0.05, 0) is 56.6 Å². The number of likely N-dealkylation sites (tertiary alicyclic amines) is 2. The van der Waals surface area contributed by atoms with Gasteiger partial charge in [0.2, 0.25) is 17.7 Å². The molecule has 10 heteroatoms. The molecule has 1 aromatic heterocycles. The van der Waals surface area contributed by atoms with Crippen LogP contribution in [0.2, 0.25) is 0 Å². The normalized spacial score (nSPS) is 22.6. The molecule has 2 amide bonds. The Kier molecular flexibility index (Phi) is 5.64. The van der Waals surface area contributed by atoms with Crippen LogP contribution in [0.4, 0.5) is 14.5 Å². The maximum atomic E-state index is 14.0. The van der Waals surface area contributed by atoms with Crippen LogP contribution in [0.1, 0.15) is 49.9 Å². The quantitative estimate of drug-likeness (QED) is 0.739. The topological polar surface area (TPSA) is 91.6 Å². The van der Waals surface area contributed by atoms with Gasteiger partial charge in [0.1, 0.15) is 11.6 Å². The third-order valence-corrected chi connectivity index (χ3v) is 7.05. The highest BCUT2D eigenvalue weighted by Gasteiger charge is 2.49. The van der Waals surface area contributed by atoms with Crippen LogP contribution >= 0.6 is 0 Å². The van der Waals surface area contributed by atoms with E-state index in [1.165, 1.54) is 6.07 Å². The number of piperidine rings is 1. The molecule has 2 saturated heterocycles. The Labute approximate surface area is 190 Å². The Hall–Kier alpha value is -2.88. The monoisotopic (exact) mass is 459 g/mol. The minimum atomic E-state index is -0.821. The number of benzene rings is 1. The number of rotatable bonds is 5. The number of hydrogen-bond donors (Lipinski definition) is 1. The number of halogens is 2. The molecule has 2 aliphatic heterocycles. The number of carbonyl (C=O) groups is 2. The Morgan fingerprint density at radius 1 is 1.24 bits per heavy atom. The number of nitrogens with zero attached hydrogens (tertiary/aromatic N) is 4. The first-order valence-corrected chi connectivity index (χ1v) is 11.4. The van der Waals surface area contributed by atoms with E-state index in [4.69, 9.17) is 4.52 Å². The van der Waals surface area contributed by atoms with Crippen molar-refractivity contribution in [2.75, 3.05) is 31.5 Å². The molecule has 3 fully saturated rings. The lowest BCUT2D eigenvalue weighted by molar-refractivity contribution is -0.134. The Morgan fingerprint density at radius 3 is 2.64 bits per heavy atom. The summed E-state index contributed by atoms with van der Waals surface area (Å²) >= 11 is 0. The first-order valence-electron chi connectivity index (χ1n) is 11.4. The third-order valence-electron chi connectivity index (χ3n) is 7.05. The molecular weight excluding hydrogens is 432 g/mol. The van der Waals surface area contributed by atoms with Crippen LogP contribution in [0.5, 0.6) is 0 Å². The summed E-state index contributed by atoms with van der Waals surface area (Å²) in [4.78, 5) is 33.6. The van der Waals surface area contributed by atoms with Crippen molar-refractivity contribution < 1.29 is 22.9 Å². The van der Waals surface area contributed by atoms with Crippen LogP contribution in [0.25, 0.3) is 0 Å². The highest BCUT2D eigenvalue weighted by Crippen LogP contribution is 2.49. The molecule has 1 N–H and O–H groups in total. The van der Waals surface area contributed by atoms with Crippen LogP contribution in [0.3, 0.4) is 0 Å². The van der Waals surface area contributed by atoms with Gasteiger partial charge in [0.15, 0.2) is 5.82 Å². The van der Waals surface area contributed by atoms with Gasteiger partial charge >= 0.3 is 0 Å². The SMILES string of the molecule is Cc1noc(C2CC3(CCN(C(=O)C4CC4)CC3)CN2CC(=O)Nc2ccc(F)cc2F)n1. The van der Waals surface area contributed by atoms with Gasteiger partial charge in [-0.1, -0.05) is 5.16 Å². The standard InChI is InChI=1S/C23H27F2N5O3/c1-14-26-21(33-28-14)19-11-23(6-8-29(9-7-23)22(32)15-2-3-15)13-30(19)12-20(31)27-18-5-4-16(24)10-17(18)25/h4-5,10,15,19H,2-3,6-9,11-13H2,1H3,(H,27,31). The van der Waals surface area contributed by atoms with Crippen molar-refractivity contribution in [2.45, 2.75) is 45.1 Å². The molecule has 5 rings (SSSR count). The summed E-state index contributed by atoms with van der Waals surface area (Å²) in [5.74, 6) is -0.466. The third kappa shape index (κ3) is 4.62. The van der Waals surface area contributed by atoms with E-state index < -0.39 is 17.5 Å². The molecule has 33 heavy (non-hydrogen) atoms. The fraction of sp³-hybridized carbons (Fsp3) is 0.565. The Morgan fingerprint density at radius 2 is 2.00 bits per heavy atom. The minimum absolute atomic E-state index is 0.00931. The van der Waals surface area contributed by atoms with Gasteiger partial charge in [0, 0.05) is 31.6 Å². The van der Waals surface area contributed by atoms with Gasteiger partial charge in [-0.3, -0.25) is 14.5 Å². The first-order chi connectivity index (χ1) is 15.8. The second-order valence-corrected chi connectivity index (χ2v) is 9.58. The largest absolute Gasteiger partial charge is 0.342 e. The van der Waals surface area contributed by atoms with E-state index in [9.17, 15) is 18.4 Å². The summed E-state index contributed by atoms with van der Waals surface area (Å²) in [5.41, 5.74) is -0.123. The lowest BCUT2D eigenvalue weighted by Gasteiger charge is -2.39. The van der Waals surface area contributed by atoms with E-state index in [2.05, 4.69) is 15.5 Å². The summed E-state index contributed by atoms with van der Waals surface area (Å²) in [7, 11) is 0. The predicted octanol–water partition coefficient (Wildman–Crippen LogP) is 3.06. The fourth-order valence-electron chi connectivity index (χ4n) is 5.12. The summed E-state index contributed by atoms with van der Waals surface area (Å²) < 4.78 is 32.6. The van der Waals surface area contributed by atoms with Gasteiger partial charge in [0.05, 0.1) is 18.3 Å². The summed E-state index contributed by atoms with van der Waals surface area (Å²) in [6.45, 7) is 3.82. The molecule has 0 radical (unpaired) electrons. The van der Waals surface area contributed by atoms with Crippen molar-refractivity contribution in [3.8, 4) is 0 Å². The van der Waals surface area contributed by atoms with Crippen LogP contribution in [0.15, 0.2) is 22.7 Å². The molecule has 1 unspecified atom stereocenters. The van der Waals surface area contributed by atoms with Crippen molar-refractivity contribution in [2.24, 2.45) is 11.3 Å². The number of anilines is 1. The molecule has 1 atom stereocenters. The lowest BCUT2D eigenvalue weighted by atomic mass is 9.76. The van der Waals surface area contributed by atoms with Gasteiger partial charge in [-0.15, -0.1) is 0 Å². The molecule has 3 aliphatic rings. The maximum absolute atomic E-state index is 14.0. The van der Waals surface area contributed by atoms with Gasteiger partial charge in [-0.2, -0.15) is 4.98 Å². The Bertz CT molecular complexity index is 1060. The van der Waals surface area contributed by atoms with Crippen molar-refractivity contribution in [1.82, 2.24) is 19.9 Å². The molecular formula is C23H27F2N5O3. The van der Waals surface area contributed by atoms with Crippen LogP contribution in [0, 0.1) is 29.9 Å². The van der Waals surface area contributed by atoms with Crippen molar-refractivity contribution >= 4 is 17.5 Å². The molecule has 176 valence electrons. The van der Waals surface area contributed by atoms with E-state index in [-0.39, 0.29) is 35.5 Å². The second-order valence-electron chi connectivity index (χ2n) is 9.58. The van der Waals surface area contributed by atoms with Gasteiger partial charge in [-0.25, -0.2) is 8.78 Å². The number of aryl methyl sites for hydroxylation is 1. The van der Waals surface area contributed by atoms with E-state index in [1.54, 1.807) is 6.92 Å². The molecule has 1 aliphatic carbocycles. The molecule has 1 spiro atoms. The van der Waals surface area contributed by atoms with E-state index in [0.717, 1.165) is 44.2 Å². The van der Waals surface area contributed by atoms with Gasteiger partial charge < -0.3 is 14.7 Å². The maximum Gasteiger partial charge on any atom is 0.244 e. The number of carbonyl (C=O) groups excluding carboxylic acids is 2. The highest BCUT2D eigenvalue weighted by atomic mass is 19.1. The molecule has 8 nitrogen and oxygen atoms in total. The zero-order chi connectivity index (χ0) is 23.2. The zero-order valence-electron chi connectivity index (χ0n) is 18.5. The smallest absolute Gasteiger partial charge is 0.244 e. The summed E-state index contributed by atoms with van der Waals surface area (Å²) in [5, 5.41) is 6.44. The predicted molar refractivity (Wildman–Crippen MR) is 114 cm³/mol. The lowest BCUT2D eigenvalue weighted by Crippen LogP contribution is -2.45. The van der Waals surface area contributed by atoms with Crippen molar-refractivity contribution in [3.63, 3.8) is 0 Å². The highest BCUT2D eigenvalue weighted by molar-refractivity contribution is 5.92. The molecule has 2 aromatic rings. The van der Waals surface area contributed by atoms with Crippen LogP contribution in [-0.2, 0) is 9.59 Å². The minimum Gasteiger partial charge on any atom is -0.342 e. The zero-order valence-corrected chi connectivity index (χ0v) is 18.5. The van der Waals surface area contributed by atoms with Crippen LogP contribution in [-0.4, -0.2) is 57.9 Å². The Balaban J connectivity index is 1.29. The van der Waals surface area contributed by atoms with Crippen molar-refractivity contribution in [3.05, 3.63) is 41.5 Å². The van der Waals surface area contributed by atoms with E-state index in [0.29, 0.717) is 31.3 Å². The number of nitrogens with one attached hydrogen (secondary N) is 1. The second kappa shape index (κ2) is 8.48. The molecule has 1 aromatic carbocycles. The summed E-state index contributed by atoms with van der Waals surface area (Å²) in [6, 6.07) is 2.81. The van der Waals surface area contributed by atoms with Crippen LogP contribution < -0.4 is 5.32 Å². The number of hydrogen-bond acceptors (Lipinski definition) is 6. The summed E-state index contributed by atoms with van der Waals surface area (Å²) in [6.07, 6.45) is 4.44. The first kappa shape index (κ1) is 21.9. The average molecular weight is 459 g/mol. The molecule has 3 heterocycles. The van der Waals surface area contributed by atoms with E-state index in [1.807, 2.05) is 9.80 Å². The molecule has 0 bridgehead atoms. The average Bonchev–Trinajstić information content (AvgIpc) is 3.46.